The molecule has 0 aromatic heterocycles. The predicted octanol–water partition coefficient (Wildman–Crippen LogP) is 1.66. The minimum Gasteiger partial charge on any atom is -0.458 e. The summed E-state index contributed by atoms with van der Waals surface area (Å²) in [6.07, 6.45) is 5.74. The van der Waals surface area contributed by atoms with Gasteiger partial charge < -0.3 is 4.74 Å². The van der Waals surface area contributed by atoms with Gasteiger partial charge in [-0.1, -0.05) is 12.2 Å². The van der Waals surface area contributed by atoms with E-state index in [4.69, 9.17) is 4.74 Å². The molecule has 1 heterocycles. The molecule has 2 rings (SSSR count). The highest BCUT2D eigenvalue weighted by Crippen LogP contribution is 2.46. The second kappa shape index (κ2) is 1.68. The van der Waals surface area contributed by atoms with E-state index in [9.17, 15) is 4.79 Å². The van der Waals surface area contributed by atoms with Crippen molar-refractivity contribution in [3.63, 3.8) is 0 Å². The van der Waals surface area contributed by atoms with Crippen LogP contribution in [0.25, 0.3) is 0 Å². The van der Waals surface area contributed by atoms with Gasteiger partial charge in [0, 0.05) is 12.8 Å². The first-order chi connectivity index (χ1) is 5.04. The Balaban J connectivity index is 2.44. The van der Waals surface area contributed by atoms with E-state index in [0.717, 1.165) is 12.8 Å². The summed E-state index contributed by atoms with van der Waals surface area (Å²) < 4.78 is 5.27. The smallest absolute Gasteiger partial charge is 0.316 e. The van der Waals surface area contributed by atoms with Crippen LogP contribution in [0.15, 0.2) is 12.2 Å². The molecule has 1 fully saturated rings. The van der Waals surface area contributed by atoms with Crippen LogP contribution in [0.4, 0.5) is 0 Å². The van der Waals surface area contributed by atoms with Crippen molar-refractivity contribution in [3.8, 4) is 0 Å². The first-order valence-electron chi connectivity index (χ1n) is 3.95. The van der Waals surface area contributed by atoms with Gasteiger partial charge in [-0.15, -0.1) is 0 Å². The van der Waals surface area contributed by atoms with E-state index in [1.807, 2.05) is 19.9 Å². The highest BCUT2D eigenvalue weighted by Gasteiger charge is 2.51. The summed E-state index contributed by atoms with van der Waals surface area (Å²) in [7, 11) is 0. The topological polar surface area (TPSA) is 26.3 Å². The monoisotopic (exact) mass is 152 g/mol. The van der Waals surface area contributed by atoms with Gasteiger partial charge >= 0.3 is 5.97 Å². The minimum absolute atomic E-state index is 0.0613. The van der Waals surface area contributed by atoms with Crippen LogP contribution in [0.2, 0.25) is 0 Å². The fourth-order valence-corrected chi connectivity index (χ4v) is 2.03. The van der Waals surface area contributed by atoms with Crippen molar-refractivity contribution in [1.82, 2.24) is 0 Å². The van der Waals surface area contributed by atoms with E-state index in [0.29, 0.717) is 0 Å². The summed E-state index contributed by atoms with van der Waals surface area (Å²) in [5.41, 5.74) is -0.534. The molecule has 2 unspecified atom stereocenters. The Morgan fingerprint density at radius 3 is 2.82 bits per heavy atom. The zero-order chi connectivity index (χ0) is 8.11. The minimum atomic E-state index is -0.326. The van der Waals surface area contributed by atoms with Crippen molar-refractivity contribution in [2.24, 2.45) is 5.41 Å². The number of carbonyl (C=O) groups excluding carboxylic acids is 1. The summed E-state index contributed by atoms with van der Waals surface area (Å²) >= 11 is 0. The van der Waals surface area contributed by atoms with Crippen molar-refractivity contribution >= 4 is 5.97 Å². The lowest BCUT2D eigenvalue weighted by Crippen LogP contribution is -2.26. The van der Waals surface area contributed by atoms with Crippen LogP contribution < -0.4 is 0 Å². The number of ether oxygens (including phenoxy) is 1. The lowest BCUT2D eigenvalue weighted by molar-refractivity contribution is -0.150. The Morgan fingerprint density at radius 2 is 2.27 bits per heavy atom. The van der Waals surface area contributed by atoms with Gasteiger partial charge in [0.2, 0.25) is 0 Å². The third-order valence-corrected chi connectivity index (χ3v) is 2.58. The van der Waals surface area contributed by atoms with Gasteiger partial charge in [0.15, 0.2) is 0 Å². The van der Waals surface area contributed by atoms with Crippen LogP contribution in [0, 0.1) is 5.41 Å². The number of rotatable bonds is 0. The Labute approximate surface area is 66.2 Å². The van der Waals surface area contributed by atoms with E-state index in [-0.39, 0.29) is 17.0 Å². The molecule has 0 spiro atoms. The van der Waals surface area contributed by atoms with E-state index in [2.05, 4.69) is 6.08 Å². The Bertz CT molecular complexity index is 244. The molecule has 1 aliphatic carbocycles. The molecule has 2 heteroatoms. The zero-order valence-electron chi connectivity index (χ0n) is 6.89. The van der Waals surface area contributed by atoms with Crippen molar-refractivity contribution in [2.45, 2.75) is 32.3 Å². The highest BCUT2D eigenvalue weighted by atomic mass is 16.6. The third-order valence-electron chi connectivity index (χ3n) is 2.58. The molecule has 0 radical (unpaired) electrons. The van der Waals surface area contributed by atoms with Gasteiger partial charge in [-0.2, -0.15) is 0 Å². The lowest BCUT2D eigenvalue weighted by atomic mass is 9.77. The van der Waals surface area contributed by atoms with Crippen molar-refractivity contribution < 1.29 is 9.53 Å². The Kier molecular flexibility index (Phi) is 1.05. The second-order valence-corrected chi connectivity index (χ2v) is 4.04. The molecule has 1 aliphatic heterocycles. The van der Waals surface area contributed by atoms with Gasteiger partial charge in [-0.3, -0.25) is 4.79 Å². The molecule has 2 atom stereocenters. The SMILES string of the molecule is CC12CC=CC(C)(C1)C(=O)O2. The van der Waals surface area contributed by atoms with Gasteiger partial charge in [0.05, 0.1) is 5.41 Å². The largest absolute Gasteiger partial charge is 0.458 e. The van der Waals surface area contributed by atoms with Gasteiger partial charge in [-0.05, 0) is 13.8 Å². The second-order valence-electron chi connectivity index (χ2n) is 4.04. The van der Waals surface area contributed by atoms with Crippen LogP contribution in [-0.4, -0.2) is 11.6 Å². The number of hydrogen-bond acceptors (Lipinski definition) is 2. The van der Waals surface area contributed by atoms with Crippen molar-refractivity contribution in [1.29, 1.82) is 0 Å². The molecule has 0 aromatic carbocycles. The maximum absolute atomic E-state index is 11.3. The quantitative estimate of drug-likeness (QED) is 0.390. The molecule has 1 saturated heterocycles. The van der Waals surface area contributed by atoms with E-state index < -0.39 is 0 Å². The molecule has 0 N–H and O–H groups in total. The molecule has 2 nitrogen and oxygen atoms in total. The summed E-state index contributed by atoms with van der Waals surface area (Å²) in [6.45, 7) is 3.94. The molecule has 2 aliphatic rings. The van der Waals surface area contributed by atoms with Gasteiger partial charge in [0.25, 0.3) is 0 Å². The average Bonchev–Trinajstić information content (AvgIpc) is 1.99. The maximum atomic E-state index is 11.3. The number of fused-ring (bicyclic) bond motifs is 2. The molecule has 0 saturated carbocycles. The summed E-state index contributed by atoms with van der Waals surface area (Å²) in [6, 6.07) is 0. The maximum Gasteiger partial charge on any atom is 0.316 e. The Hall–Kier alpha value is -0.790. The normalized spacial score (nSPS) is 47.6. The number of carbonyl (C=O) groups is 1. The summed E-state index contributed by atoms with van der Waals surface area (Å²) in [4.78, 5) is 11.3. The van der Waals surface area contributed by atoms with E-state index in [1.54, 1.807) is 0 Å². The standard InChI is InChI=1S/C9H12O2/c1-8-4-3-5-9(2,6-8)11-7(8)10/h3-4H,5-6H2,1-2H3. The molecule has 2 bridgehead atoms. The van der Waals surface area contributed by atoms with Gasteiger partial charge in [0.1, 0.15) is 5.60 Å². The molecular formula is C9H12O2. The van der Waals surface area contributed by atoms with Crippen LogP contribution in [0.1, 0.15) is 26.7 Å². The molecular weight excluding hydrogens is 140 g/mol. The van der Waals surface area contributed by atoms with Crippen molar-refractivity contribution in [2.75, 3.05) is 0 Å². The average molecular weight is 152 g/mol. The molecule has 60 valence electrons. The molecule has 11 heavy (non-hydrogen) atoms. The highest BCUT2D eigenvalue weighted by molar-refractivity contribution is 5.82. The fourth-order valence-electron chi connectivity index (χ4n) is 2.03. The first kappa shape index (κ1) is 6.89. The zero-order valence-corrected chi connectivity index (χ0v) is 6.89. The van der Waals surface area contributed by atoms with Crippen LogP contribution in [0.3, 0.4) is 0 Å². The fraction of sp³-hybridized carbons (Fsp3) is 0.667. The number of esters is 1. The van der Waals surface area contributed by atoms with Crippen LogP contribution >= 0.6 is 0 Å². The summed E-state index contributed by atoms with van der Waals surface area (Å²) in [5, 5.41) is 0. The predicted molar refractivity (Wildman–Crippen MR) is 41.0 cm³/mol. The van der Waals surface area contributed by atoms with Gasteiger partial charge in [-0.25, -0.2) is 0 Å². The molecule has 0 aromatic rings. The Morgan fingerprint density at radius 1 is 1.55 bits per heavy atom. The lowest BCUT2D eigenvalue weighted by Gasteiger charge is -2.24. The number of hydrogen-bond donors (Lipinski definition) is 0. The molecule has 0 amide bonds. The van der Waals surface area contributed by atoms with Crippen molar-refractivity contribution in [3.05, 3.63) is 12.2 Å². The van der Waals surface area contributed by atoms with Crippen LogP contribution in [-0.2, 0) is 9.53 Å². The van der Waals surface area contributed by atoms with E-state index >= 15 is 0 Å². The summed E-state index contributed by atoms with van der Waals surface area (Å²) in [5.74, 6) is -0.0613. The van der Waals surface area contributed by atoms with Crippen LogP contribution in [0.5, 0.6) is 0 Å². The third kappa shape index (κ3) is 0.817. The first-order valence-corrected chi connectivity index (χ1v) is 3.95. The van der Waals surface area contributed by atoms with E-state index in [1.165, 1.54) is 0 Å².